The zero-order valence-corrected chi connectivity index (χ0v) is 15.6. The lowest BCUT2D eigenvalue weighted by Crippen LogP contribution is -2.33. The molecule has 4 heteroatoms. The Morgan fingerprint density at radius 3 is 2.44 bits per heavy atom. The van der Waals surface area contributed by atoms with Crippen molar-refractivity contribution in [2.24, 2.45) is 0 Å². The summed E-state index contributed by atoms with van der Waals surface area (Å²) in [6.07, 6.45) is 0. The van der Waals surface area contributed by atoms with Crippen LogP contribution in [0, 0.1) is 0 Å². The van der Waals surface area contributed by atoms with Crippen LogP contribution in [0.15, 0.2) is 65.1 Å². The summed E-state index contributed by atoms with van der Waals surface area (Å²) in [7, 11) is 0. The fraction of sp³-hybridized carbons (Fsp3) is 0.143. The van der Waals surface area contributed by atoms with Gasteiger partial charge in [-0.3, -0.25) is 0 Å². The third kappa shape index (κ3) is 2.57. The van der Waals surface area contributed by atoms with Gasteiger partial charge in [0.2, 0.25) is 0 Å². The van der Waals surface area contributed by atoms with Crippen LogP contribution >= 0.6 is 15.9 Å². The zero-order valence-electron chi connectivity index (χ0n) is 14.0. The number of nitrogens with zero attached hydrogens (tertiary/aromatic N) is 1. The van der Waals surface area contributed by atoms with E-state index in [1.807, 2.05) is 18.2 Å². The molecule has 4 N–H and O–H groups in total. The number of halogens is 1. The highest BCUT2D eigenvalue weighted by atomic mass is 79.9. The van der Waals surface area contributed by atoms with Gasteiger partial charge in [-0.2, -0.15) is 0 Å². The van der Waals surface area contributed by atoms with E-state index in [2.05, 4.69) is 70.2 Å². The Bertz CT molecular complexity index is 937. The highest BCUT2D eigenvalue weighted by molar-refractivity contribution is 9.10. The predicted octanol–water partition coefficient (Wildman–Crippen LogP) is 5.21. The molecule has 0 bridgehead atoms. The second-order valence-corrected chi connectivity index (χ2v) is 7.20. The second-order valence-electron chi connectivity index (χ2n) is 6.34. The Morgan fingerprint density at radius 2 is 1.72 bits per heavy atom. The quantitative estimate of drug-likeness (QED) is 0.587. The van der Waals surface area contributed by atoms with E-state index < -0.39 is 0 Å². The van der Waals surface area contributed by atoms with E-state index in [0.29, 0.717) is 0 Å². The standard InChI is InChI=1S/C21H20BrN3/c1-2-25-19-12-15(24)11-18(22)20(19)16-9-8-14(23)10-17(16)21(25)13-6-4-3-5-7-13/h3-12,21H,2,23-24H2,1H3. The van der Waals surface area contributed by atoms with Crippen LogP contribution in [0.2, 0.25) is 0 Å². The number of hydrogen-bond donors (Lipinski definition) is 2. The van der Waals surface area contributed by atoms with Crippen molar-refractivity contribution in [1.29, 1.82) is 0 Å². The van der Waals surface area contributed by atoms with Crippen molar-refractivity contribution in [2.45, 2.75) is 13.0 Å². The summed E-state index contributed by atoms with van der Waals surface area (Å²) >= 11 is 3.72. The average molecular weight is 394 g/mol. The van der Waals surface area contributed by atoms with Crippen molar-refractivity contribution in [2.75, 3.05) is 22.9 Å². The molecule has 4 rings (SSSR count). The number of nitrogens with two attached hydrogens (primary N) is 2. The summed E-state index contributed by atoms with van der Waals surface area (Å²) in [5.41, 5.74) is 19.8. The number of rotatable bonds is 2. The van der Waals surface area contributed by atoms with Gasteiger partial charge in [0.05, 0.1) is 6.04 Å². The molecule has 0 radical (unpaired) electrons. The number of benzene rings is 3. The first kappa shape index (κ1) is 16.0. The van der Waals surface area contributed by atoms with E-state index in [0.717, 1.165) is 28.1 Å². The molecule has 0 aliphatic carbocycles. The Kier molecular flexibility index (Phi) is 3.92. The number of nitrogen functional groups attached to an aromatic ring is 2. The molecule has 3 aromatic rings. The number of anilines is 3. The average Bonchev–Trinajstić information content (AvgIpc) is 2.60. The third-order valence-corrected chi connectivity index (χ3v) is 5.43. The maximum absolute atomic E-state index is 6.15. The van der Waals surface area contributed by atoms with Crippen LogP contribution in [0.4, 0.5) is 17.1 Å². The summed E-state index contributed by atoms with van der Waals surface area (Å²) in [6, 6.07) is 20.9. The van der Waals surface area contributed by atoms with Gasteiger partial charge in [-0.05, 0) is 63.8 Å². The van der Waals surface area contributed by atoms with Crippen LogP contribution in [0.5, 0.6) is 0 Å². The van der Waals surface area contributed by atoms with E-state index in [4.69, 9.17) is 11.5 Å². The van der Waals surface area contributed by atoms with Crippen molar-refractivity contribution in [3.8, 4) is 11.1 Å². The lowest BCUT2D eigenvalue weighted by Gasteiger charge is -2.40. The molecule has 0 fully saturated rings. The molecule has 1 atom stereocenters. The highest BCUT2D eigenvalue weighted by Gasteiger charge is 2.32. The maximum Gasteiger partial charge on any atom is 0.0802 e. The predicted molar refractivity (Wildman–Crippen MR) is 110 cm³/mol. The smallest absolute Gasteiger partial charge is 0.0802 e. The minimum Gasteiger partial charge on any atom is -0.399 e. The van der Waals surface area contributed by atoms with Crippen LogP contribution in [-0.2, 0) is 0 Å². The van der Waals surface area contributed by atoms with Crippen molar-refractivity contribution in [1.82, 2.24) is 0 Å². The first-order chi connectivity index (χ1) is 12.1. The molecule has 1 heterocycles. The zero-order chi connectivity index (χ0) is 17.6. The van der Waals surface area contributed by atoms with E-state index in [9.17, 15) is 0 Å². The molecular formula is C21H20BrN3. The number of fused-ring (bicyclic) bond motifs is 3. The third-order valence-electron chi connectivity index (χ3n) is 4.81. The Hall–Kier alpha value is -2.46. The maximum atomic E-state index is 6.15. The van der Waals surface area contributed by atoms with E-state index in [1.54, 1.807) is 0 Å². The van der Waals surface area contributed by atoms with E-state index in [1.165, 1.54) is 22.3 Å². The van der Waals surface area contributed by atoms with Crippen LogP contribution in [0.3, 0.4) is 0 Å². The SMILES string of the molecule is CCN1c2cc(N)cc(Br)c2-c2ccc(N)cc2C1c1ccccc1. The molecule has 3 aromatic carbocycles. The minimum absolute atomic E-state index is 0.117. The van der Waals surface area contributed by atoms with E-state index >= 15 is 0 Å². The Labute approximate surface area is 156 Å². The molecule has 0 aromatic heterocycles. The summed E-state index contributed by atoms with van der Waals surface area (Å²) in [4.78, 5) is 2.40. The normalized spacial score (nSPS) is 15.6. The molecule has 0 saturated carbocycles. The van der Waals surface area contributed by atoms with Crippen molar-refractivity contribution in [3.63, 3.8) is 0 Å². The van der Waals surface area contributed by atoms with Gasteiger partial charge in [0.15, 0.2) is 0 Å². The molecule has 0 amide bonds. The van der Waals surface area contributed by atoms with Crippen LogP contribution in [0.25, 0.3) is 11.1 Å². The molecule has 0 saturated heterocycles. The molecule has 25 heavy (non-hydrogen) atoms. The number of hydrogen-bond acceptors (Lipinski definition) is 3. The summed E-state index contributed by atoms with van der Waals surface area (Å²) in [5, 5.41) is 0. The largest absolute Gasteiger partial charge is 0.399 e. The summed E-state index contributed by atoms with van der Waals surface area (Å²) in [6.45, 7) is 3.05. The second kappa shape index (κ2) is 6.12. The van der Waals surface area contributed by atoms with Crippen LogP contribution in [-0.4, -0.2) is 6.54 Å². The summed E-state index contributed by atoms with van der Waals surface area (Å²) in [5.74, 6) is 0. The monoisotopic (exact) mass is 393 g/mol. The van der Waals surface area contributed by atoms with Crippen LogP contribution in [0.1, 0.15) is 24.1 Å². The van der Waals surface area contributed by atoms with Gasteiger partial charge >= 0.3 is 0 Å². The first-order valence-electron chi connectivity index (χ1n) is 8.40. The lowest BCUT2D eigenvalue weighted by atomic mass is 9.84. The molecule has 1 aliphatic rings. The van der Waals surface area contributed by atoms with Crippen molar-refractivity contribution < 1.29 is 0 Å². The van der Waals surface area contributed by atoms with Crippen molar-refractivity contribution in [3.05, 3.63) is 76.3 Å². The topological polar surface area (TPSA) is 55.3 Å². The fourth-order valence-corrected chi connectivity index (χ4v) is 4.48. The van der Waals surface area contributed by atoms with Gasteiger partial charge in [-0.25, -0.2) is 0 Å². The Morgan fingerprint density at radius 1 is 0.960 bits per heavy atom. The molecule has 1 unspecified atom stereocenters. The molecule has 126 valence electrons. The van der Waals surface area contributed by atoms with Gasteiger partial charge < -0.3 is 16.4 Å². The van der Waals surface area contributed by atoms with Gasteiger partial charge in [-0.15, -0.1) is 0 Å². The van der Waals surface area contributed by atoms with E-state index in [-0.39, 0.29) is 6.04 Å². The molecule has 0 spiro atoms. The minimum atomic E-state index is 0.117. The fourth-order valence-electron chi connectivity index (χ4n) is 3.80. The molecular weight excluding hydrogens is 374 g/mol. The van der Waals surface area contributed by atoms with Gasteiger partial charge in [-0.1, -0.05) is 36.4 Å². The van der Waals surface area contributed by atoms with Gasteiger partial charge in [0.25, 0.3) is 0 Å². The summed E-state index contributed by atoms with van der Waals surface area (Å²) < 4.78 is 1.01. The highest BCUT2D eigenvalue weighted by Crippen LogP contribution is 2.50. The molecule has 3 nitrogen and oxygen atoms in total. The van der Waals surface area contributed by atoms with Gasteiger partial charge in [0.1, 0.15) is 0 Å². The first-order valence-corrected chi connectivity index (χ1v) is 9.20. The lowest BCUT2D eigenvalue weighted by molar-refractivity contribution is 0.719. The van der Waals surface area contributed by atoms with Crippen molar-refractivity contribution >= 4 is 33.0 Å². The van der Waals surface area contributed by atoms with Gasteiger partial charge in [0, 0.05) is 33.6 Å². The molecule has 1 aliphatic heterocycles. The Balaban J connectivity index is 2.06. The van der Waals surface area contributed by atoms with Crippen LogP contribution < -0.4 is 16.4 Å².